The number of rotatable bonds is 12. The molecule has 0 heterocycles. The highest BCUT2D eigenvalue weighted by Gasteiger charge is 2.17. The van der Waals surface area contributed by atoms with Crippen LogP contribution in [-0.4, -0.2) is 36.7 Å². The van der Waals surface area contributed by atoms with Crippen molar-refractivity contribution in [2.45, 2.75) is 24.0 Å². The molecule has 0 saturated carbocycles. The van der Waals surface area contributed by atoms with Gasteiger partial charge in [-0.3, -0.25) is 14.4 Å². The number of thioether (sulfide) groups is 1. The predicted molar refractivity (Wildman–Crippen MR) is 172 cm³/mol. The number of para-hydroxylation sites is 1. The van der Waals surface area contributed by atoms with E-state index in [2.05, 4.69) is 16.0 Å². The molecule has 0 radical (unpaired) electrons. The van der Waals surface area contributed by atoms with Crippen LogP contribution in [0.2, 0.25) is 0 Å². The number of anilines is 2. The van der Waals surface area contributed by atoms with Crippen molar-refractivity contribution in [3.63, 3.8) is 0 Å². The molecule has 0 fully saturated rings. The summed E-state index contributed by atoms with van der Waals surface area (Å²) in [6.07, 6.45) is 1.59. The second kappa shape index (κ2) is 15.3. The molecule has 1 unspecified atom stereocenters. The summed E-state index contributed by atoms with van der Waals surface area (Å²) >= 11 is 1.39. The molecule has 0 saturated heterocycles. The summed E-state index contributed by atoms with van der Waals surface area (Å²) in [5, 5.41) is 8.14. The van der Waals surface area contributed by atoms with Crippen LogP contribution in [0, 0.1) is 0 Å². The van der Waals surface area contributed by atoms with Crippen molar-refractivity contribution in [1.82, 2.24) is 5.32 Å². The van der Waals surface area contributed by atoms with Gasteiger partial charge in [-0.15, -0.1) is 11.8 Å². The van der Waals surface area contributed by atoms with Gasteiger partial charge in [0.05, 0.1) is 19.0 Å². The van der Waals surface area contributed by atoms with E-state index >= 15 is 0 Å². The largest absolute Gasteiger partial charge is 0.497 e. The van der Waals surface area contributed by atoms with Gasteiger partial charge in [0.1, 0.15) is 17.2 Å². The minimum absolute atomic E-state index is 0.0586. The Balaban J connectivity index is 1.45. The normalized spacial score (nSPS) is 11.7. The smallest absolute Gasteiger partial charge is 0.272 e. The first-order valence-electron chi connectivity index (χ1n) is 13.7. The Hall–Kier alpha value is -5.02. The third-order valence-electron chi connectivity index (χ3n) is 6.20. The van der Waals surface area contributed by atoms with Crippen LogP contribution in [-0.2, 0) is 9.59 Å². The van der Waals surface area contributed by atoms with Crippen molar-refractivity contribution in [2.75, 3.05) is 24.4 Å². The molecular weight excluding hydrogens is 562 g/mol. The number of methoxy groups -OCH3 is 1. The summed E-state index contributed by atoms with van der Waals surface area (Å²) < 4.78 is 10.9. The second-order valence-corrected chi connectivity index (χ2v) is 10.7. The van der Waals surface area contributed by atoms with E-state index in [0.717, 1.165) is 4.90 Å². The van der Waals surface area contributed by atoms with Gasteiger partial charge in [-0.2, -0.15) is 0 Å². The zero-order valence-electron chi connectivity index (χ0n) is 24.1. The average molecular weight is 596 g/mol. The maximum atomic E-state index is 13.4. The average Bonchev–Trinajstić information content (AvgIpc) is 3.03. The van der Waals surface area contributed by atoms with E-state index in [1.54, 1.807) is 79.9 Å². The van der Waals surface area contributed by atoms with Crippen LogP contribution in [0.3, 0.4) is 0 Å². The van der Waals surface area contributed by atoms with Crippen molar-refractivity contribution in [3.05, 3.63) is 120 Å². The molecule has 220 valence electrons. The van der Waals surface area contributed by atoms with Crippen LogP contribution in [0.4, 0.5) is 11.4 Å². The third kappa shape index (κ3) is 8.98. The highest BCUT2D eigenvalue weighted by atomic mass is 32.2. The van der Waals surface area contributed by atoms with Crippen molar-refractivity contribution in [1.29, 1.82) is 0 Å². The number of hydrogen-bond donors (Lipinski definition) is 3. The Morgan fingerprint density at radius 2 is 1.44 bits per heavy atom. The summed E-state index contributed by atoms with van der Waals surface area (Å²) in [4.78, 5) is 39.9. The lowest BCUT2D eigenvalue weighted by molar-refractivity contribution is -0.115. The number of benzene rings is 4. The van der Waals surface area contributed by atoms with Gasteiger partial charge in [-0.1, -0.05) is 36.4 Å². The lowest BCUT2D eigenvalue weighted by Crippen LogP contribution is -2.30. The van der Waals surface area contributed by atoms with Crippen LogP contribution in [0.25, 0.3) is 6.08 Å². The fourth-order valence-electron chi connectivity index (χ4n) is 3.98. The molecule has 0 aromatic heterocycles. The molecule has 43 heavy (non-hydrogen) atoms. The van der Waals surface area contributed by atoms with Gasteiger partial charge < -0.3 is 25.4 Å². The molecule has 4 aromatic rings. The maximum Gasteiger partial charge on any atom is 0.272 e. The molecule has 3 amide bonds. The zero-order valence-corrected chi connectivity index (χ0v) is 24.9. The predicted octanol–water partition coefficient (Wildman–Crippen LogP) is 6.62. The Kier molecular flexibility index (Phi) is 11.0. The van der Waals surface area contributed by atoms with Crippen LogP contribution in [0.5, 0.6) is 11.5 Å². The molecule has 0 aliphatic heterocycles. The monoisotopic (exact) mass is 595 g/mol. The number of carbonyl (C=O) groups excluding carboxylic acids is 3. The van der Waals surface area contributed by atoms with Crippen LogP contribution < -0.4 is 25.4 Å². The van der Waals surface area contributed by atoms with Crippen LogP contribution >= 0.6 is 11.8 Å². The minimum Gasteiger partial charge on any atom is -0.497 e. The molecule has 1 atom stereocenters. The number of nitrogens with one attached hydrogen (secondary N) is 3. The van der Waals surface area contributed by atoms with Gasteiger partial charge >= 0.3 is 0 Å². The molecule has 3 N–H and O–H groups in total. The number of hydrogen-bond acceptors (Lipinski definition) is 6. The van der Waals surface area contributed by atoms with Crippen molar-refractivity contribution < 1.29 is 23.9 Å². The van der Waals surface area contributed by atoms with Gasteiger partial charge in [0.25, 0.3) is 11.8 Å². The van der Waals surface area contributed by atoms with Crippen molar-refractivity contribution in [3.8, 4) is 11.5 Å². The summed E-state index contributed by atoms with van der Waals surface area (Å²) in [5.74, 6) is 0.261. The van der Waals surface area contributed by atoms with Gasteiger partial charge in [0.15, 0.2) is 0 Å². The maximum absolute atomic E-state index is 13.4. The van der Waals surface area contributed by atoms with Crippen molar-refractivity contribution in [2.24, 2.45) is 0 Å². The number of amides is 3. The minimum atomic E-state index is -0.497. The molecule has 9 heteroatoms. The van der Waals surface area contributed by atoms with E-state index in [0.29, 0.717) is 40.6 Å². The summed E-state index contributed by atoms with van der Waals surface area (Å²) in [7, 11) is 1.59. The van der Waals surface area contributed by atoms with Crippen LogP contribution in [0.1, 0.15) is 29.8 Å². The number of ether oxygens (including phenoxy) is 2. The summed E-state index contributed by atoms with van der Waals surface area (Å²) in [6, 6.07) is 30.2. The van der Waals surface area contributed by atoms with Gasteiger partial charge in [-0.25, -0.2) is 0 Å². The quantitative estimate of drug-likeness (QED) is 0.126. The molecule has 0 spiro atoms. The molecular formula is C34H33N3O5S. The fourth-order valence-corrected chi connectivity index (χ4v) is 4.84. The zero-order chi connectivity index (χ0) is 30.6. The molecule has 8 nitrogen and oxygen atoms in total. The summed E-state index contributed by atoms with van der Waals surface area (Å²) in [5.41, 5.74) is 2.34. The molecule has 4 aromatic carbocycles. The van der Waals surface area contributed by atoms with E-state index in [-0.39, 0.29) is 16.9 Å². The lowest BCUT2D eigenvalue weighted by Gasteiger charge is -2.14. The second-order valence-electron chi connectivity index (χ2n) is 9.31. The topological polar surface area (TPSA) is 106 Å². The van der Waals surface area contributed by atoms with Crippen molar-refractivity contribution >= 4 is 46.9 Å². The van der Waals surface area contributed by atoms with E-state index in [9.17, 15) is 14.4 Å². The standard InChI is InChI=1S/C34H33N3O5S/c1-4-42-31-13-9-8-12-25(31)22-30(37-33(39)24-10-6-5-7-11-24)34(40)36-27-16-20-29(21-17-27)43-23(2)32(38)35-26-14-18-28(41-3)19-15-26/h5-23H,4H2,1-3H3,(H,35,38)(H,36,40)(H,37,39)/b30-22-. The van der Waals surface area contributed by atoms with Gasteiger partial charge in [0, 0.05) is 27.4 Å². The van der Waals surface area contributed by atoms with Gasteiger partial charge in [0.2, 0.25) is 5.91 Å². The summed E-state index contributed by atoms with van der Waals surface area (Å²) in [6.45, 7) is 4.15. The van der Waals surface area contributed by atoms with E-state index < -0.39 is 11.8 Å². The SMILES string of the molecule is CCOc1ccccc1/C=C(\NC(=O)c1ccccc1)C(=O)Nc1ccc(SC(C)C(=O)Nc2ccc(OC)cc2)cc1. The number of carbonyl (C=O) groups is 3. The molecule has 0 bridgehead atoms. The third-order valence-corrected chi connectivity index (χ3v) is 7.31. The Morgan fingerprint density at radius 1 is 0.814 bits per heavy atom. The van der Waals surface area contributed by atoms with E-state index in [4.69, 9.17) is 9.47 Å². The fraction of sp³-hybridized carbons (Fsp3) is 0.147. The lowest BCUT2D eigenvalue weighted by atomic mass is 10.1. The molecule has 0 aliphatic rings. The molecule has 0 aliphatic carbocycles. The first-order valence-corrected chi connectivity index (χ1v) is 14.6. The Morgan fingerprint density at radius 3 is 2.12 bits per heavy atom. The highest BCUT2D eigenvalue weighted by Crippen LogP contribution is 2.27. The molecule has 4 rings (SSSR count). The Bertz CT molecular complexity index is 1570. The Labute approximate surface area is 255 Å². The van der Waals surface area contributed by atoms with E-state index in [1.165, 1.54) is 11.8 Å². The highest BCUT2D eigenvalue weighted by molar-refractivity contribution is 8.00. The first-order chi connectivity index (χ1) is 20.9. The van der Waals surface area contributed by atoms with Gasteiger partial charge in [-0.05, 0) is 86.7 Å². The van der Waals surface area contributed by atoms with E-state index in [1.807, 2.05) is 50.2 Å². The van der Waals surface area contributed by atoms with Crippen LogP contribution in [0.15, 0.2) is 114 Å². The first kappa shape index (κ1) is 30.9.